The van der Waals surface area contributed by atoms with Gasteiger partial charge >= 0.3 is 5.97 Å². The quantitative estimate of drug-likeness (QED) is 0.841. The van der Waals surface area contributed by atoms with Crippen molar-refractivity contribution in [1.29, 1.82) is 0 Å². The van der Waals surface area contributed by atoms with Crippen LogP contribution < -0.4 is 5.32 Å². The standard InChI is InChI=1S/C10H12INO2/c1-2-5-12-9-4-3-7(11)6-8(9)10(13)14/h3-4,6,12H,2,5H2,1H3,(H,13,14). The fourth-order valence-corrected chi connectivity index (χ4v) is 1.60. The van der Waals surface area contributed by atoms with Gasteiger partial charge in [0.25, 0.3) is 0 Å². The van der Waals surface area contributed by atoms with Gasteiger partial charge in [-0.25, -0.2) is 4.79 Å². The number of rotatable bonds is 4. The molecule has 2 N–H and O–H groups in total. The van der Waals surface area contributed by atoms with Crippen LogP contribution in [0.5, 0.6) is 0 Å². The fourth-order valence-electron chi connectivity index (χ4n) is 1.11. The Morgan fingerprint density at radius 2 is 2.29 bits per heavy atom. The topological polar surface area (TPSA) is 49.3 Å². The van der Waals surface area contributed by atoms with Crippen LogP contribution in [0.25, 0.3) is 0 Å². The summed E-state index contributed by atoms with van der Waals surface area (Å²) in [4.78, 5) is 10.9. The zero-order valence-electron chi connectivity index (χ0n) is 7.88. The van der Waals surface area contributed by atoms with Gasteiger partial charge in [0, 0.05) is 15.8 Å². The van der Waals surface area contributed by atoms with E-state index in [0.29, 0.717) is 11.3 Å². The maximum Gasteiger partial charge on any atom is 0.337 e. The van der Waals surface area contributed by atoms with Crippen molar-refractivity contribution in [3.05, 3.63) is 27.3 Å². The number of anilines is 1. The van der Waals surface area contributed by atoms with Gasteiger partial charge in [-0.2, -0.15) is 0 Å². The van der Waals surface area contributed by atoms with Gasteiger partial charge in [0.2, 0.25) is 0 Å². The van der Waals surface area contributed by atoms with Gasteiger partial charge in [-0.1, -0.05) is 6.92 Å². The molecule has 0 saturated carbocycles. The minimum absolute atomic E-state index is 0.338. The molecule has 0 saturated heterocycles. The second-order valence-corrected chi connectivity index (χ2v) is 4.17. The van der Waals surface area contributed by atoms with E-state index in [1.54, 1.807) is 12.1 Å². The first-order valence-corrected chi connectivity index (χ1v) is 5.49. The van der Waals surface area contributed by atoms with E-state index in [9.17, 15) is 4.79 Å². The summed E-state index contributed by atoms with van der Waals surface area (Å²) < 4.78 is 0.932. The van der Waals surface area contributed by atoms with Crippen molar-refractivity contribution in [2.24, 2.45) is 0 Å². The highest BCUT2D eigenvalue weighted by molar-refractivity contribution is 14.1. The van der Waals surface area contributed by atoms with Crippen molar-refractivity contribution >= 4 is 34.2 Å². The molecule has 0 radical (unpaired) electrons. The molecule has 0 fully saturated rings. The van der Waals surface area contributed by atoms with Crippen molar-refractivity contribution in [2.45, 2.75) is 13.3 Å². The summed E-state index contributed by atoms with van der Waals surface area (Å²) in [6, 6.07) is 5.37. The van der Waals surface area contributed by atoms with Crippen molar-refractivity contribution in [3.63, 3.8) is 0 Å². The first-order valence-electron chi connectivity index (χ1n) is 4.42. The van der Waals surface area contributed by atoms with Crippen LogP contribution in [-0.2, 0) is 0 Å². The van der Waals surface area contributed by atoms with Crippen LogP contribution in [0.1, 0.15) is 23.7 Å². The number of nitrogens with one attached hydrogen (secondary N) is 1. The molecule has 0 aliphatic carbocycles. The Bertz CT molecular complexity index is 339. The molecule has 1 aromatic rings. The molecule has 0 heterocycles. The minimum atomic E-state index is -0.887. The summed E-state index contributed by atoms with van der Waals surface area (Å²) >= 11 is 2.10. The third-order valence-corrected chi connectivity index (χ3v) is 2.45. The maximum absolute atomic E-state index is 10.9. The Labute approximate surface area is 96.7 Å². The van der Waals surface area contributed by atoms with Crippen LogP contribution in [0.4, 0.5) is 5.69 Å². The number of carboxylic acid groups (broad SMARTS) is 1. The van der Waals surface area contributed by atoms with Crippen molar-refractivity contribution < 1.29 is 9.90 Å². The van der Waals surface area contributed by atoms with Gasteiger partial charge in [0.1, 0.15) is 0 Å². The highest BCUT2D eigenvalue weighted by Gasteiger charge is 2.09. The van der Waals surface area contributed by atoms with E-state index in [1.165, 1.54) is 0 Å². The second-order valence-electron chi connectivity index (χ2n) is 2.92. The van der Waals surface area contributed by atoms with E-state index in [0.717, 1.165) is 16.5 Å². The molecule has 0 bridgehead atoms. The maximum atomic E-state index is 10.9. The van der Waals surface area contributed by atoms with E-state index in [2.05, 4.69) is 27.9 Å². The van der Waals surface area contributed by atoms with Crippen LogP contribution in [0.15, 0.2) is 18.2 Å². The molecule has 0 aliphatic heterocycles. The monoisotopic (exact) mass is 305 g/mol. The van der Waals surface area contributed by atoms with E-state index < -0.39 is 5.97 Å². The summed E-state index contributed by atoms with van der Waals surface area (Å²) in [6.07, 6.45) is 0.977. The van der Waals surface area contributed by atoms with E-state index in [-0.39, 0.29) is 0 Å². The second kappa shape index (κ2) is 5.19. The minimum Gasteiger partial charge on any atom is -0.478 e. The molecule has 0 aromatic heterocycles. The lowest BCUT2D eigenvalue weighted by Gasteiger charge is -2.08. The van der Waals surface area contributed by atoms with E-state index in [1.807, 2.05) is 13.0 Å². The number of hydrogen-bond acceptors (Lipinski definition) is 2. The molecule has 3 nitrogen and oxygen atoms in total. The molecule has 0 aliphatic rings. The molecule has 76 valence electrons. The van der Waals surface area contributed by atoms with E-state index in [4.69, 9.17) is 5.11 Å². The fraction of sp³-hybridized carbons (Fsp3) is 0.300. The van der Waals surface area contributed by atoms with Crippen molar-refractivity contribution in [1.82, 2.24) is 0 Å². The van der Waals surface area contributed by atoms with Crippen LogP contribution in [0.3, 0.4) is 0 Å². The number of carboxylic acids is 1. The average molecular weight is 305 g/mol. The van der Waals surface area contributed by atoms with Crippen LogP contribution >= 0.6 is 22.6 Å². The highest BCUT2D eigenvalue weighted by atomic mass is 127. The molecule has 1 rings (SSSR count). The first-order chi connectivity index (χ1) is 6.65. The number of aromatic carboxylic acids is 1. The molecule has 14 heavy (non-hydrogen) atoms. The lowest BCUT2D eigenvalue weighted by molar-refractivity contribution is 0.0698. The lowest BCUT2D eigenvalue weighted by atomic mass is 10.2. The SMILES string of the molecule is CCCNc1ccc(I)cc1C(=O)O. The molecular formula is C10H12INO2. The Hall–Kier alpha value is -0.780. The third-order valence-electron chi connectivity index (χ3n) is 1.78. The number of halogens is 1. The number of benzene rings is 1. The molecule has 0 amide bonds. The normalized spacial score (nSPS) is 9.86. The van der Waals surface area contributed by atoms with Gasteiger partial charge < -0.3 is 10.4 Å². The molecular weight excluding hydrogens is 293 g/mol. The van der Waals surface area contributed by atoms with E-state index >= 15 is 0 Å². The van der Waals surface area contributed by atoms with Gasteiger partial charge in [-0.15, -0.1) is 0 Å². The average Bonchev–Trinajstić information content (AvgIpc) is 2.15. The largest absolute Gasteiger partial charge is 0.478 e. The Balaban J connectivity index is 2.96. The van der Waals surface area contributed by atoms with Crippen molar-refractivity contribution in [3.8, 4) is 0 Å². The Kier molecular flexibility index (Phi) is 4.19. The summed E-state index contributed by atoms with van der Waals surface area (Å²) in [5.41, 5.74) is 1.03. The summed E-state index contributed by atoms with van der Waals surface area (Å²) in [7, 11) is 0. The van der Waals surface area contributed by atoms with Gasteiger partial charge in [0.05, 0.1) is 5.56 Å². The summed E-state index contributed by atoms with van der Waals surface area (Å²) in [5.74, 6) is -0.887. The van der Waals surface area contributed by atoms with Gasteiger partial charge in [-0.3, -0.25) is 0 Å². The molecule has 0 atom stereocenters. The summed E-state index contributed by atoms with van der Waals surface area (Å²) in [6.45, 7) is 2.83. The lowest BCUT2D eigenvalue weighted by Crippen LogP contribution is -2.07. The third kappa shape index (κ3) is 2.87. The van der Waals surface area contributed by atoms with Gasteiger partial charge in [0.15, 0.2) is 0 Å². The highest BCUT2D eigenvalue weighted by Crippen LogP contribution is 2.18. The zero-order chi connectivity index (χ0) is 10.6. The predicted molar refractivity (Wildman–Crippen MR) is 64.9 cm³/mol. The summed E-state index contributed by atoms with van der Waals surface area (Å²) in [5, 5.41) is 12.0. The Morgan fingerprint density at radius 3 is 2.86 bits per heavy atom. The number of carbonyl (C=O) groups is 1. The molecule has 0 unspecified atom stereocenters. The van der Waals surface area contributed by atoms with Crippen LogP contribution in [0, 0.1) is 3.57 Å². The predicted octanol–water partition coefficient (Wildman–Crippen LogP) is 2.81. The molecule has 1 aromatic carbocycles. The van der Waals surface area contributed by atoms with Crippen LogP contribution in [0.2, 0.25) is 0 Å². The zero-order valence-corrected chi connectivity index (χ0v) is 10.0. The van der Waals surface area contributed by atoms with Crippen LogP contribution in [-0.4, -0.2) is 17.6 Å². The Morgan fingerprint density at radius 1 is 1.57 bits per heavy atom. The number of hydrogen-bond donors (Lipinski definition) is 2. The van der Waals surface area contributed by atoms with Crippen molar-refractivity contribution in [2.75, 3.05) is 11.9 Å². The molecule has 0 spiro atoms. The molecule has 4 heteroatoms. The first kappa shape index (κ1) is 11.3. The smallest absolute Gasteiger partial charge is 0.337 e. The van der Waals surface area contributed by atoms with Gasteiger partial charge in [-0.05, 0) is 47.2 Å².